The number of furan rings is 1. The maximum Gasteiger partial charge on any atom is 0.494 e. The largest absolute Gasteiger partial charge is 0.494 e. The molecule has 34 heavy (non-hydrogen) atoms. The summed E-state index contributed by atoms with van der Waals surface area (Å²) in [6.45, 7) is 7.07. The second-order valence-electron chi connectivity index (χ2n) is 8.89. The third-order valence-electron chi connectivity index (χ3n) is 6.21. The monoisotopic (exact) mass is 461 g/mol. The second kappa shape index (κ2) is 7.59. The molecule has 0 N–H and O–H groups in total. The van der Waals surface area contributed by atoms with Crippen LogP contribution in [-0.2, 0) is 9.31 Å². The van der Waals surface area contributed by atoms with Gasteiger partial charge in [-0.05, 0) is 73.5 Å². The number of benzene rings is 4. The molecule has 1 aliphatic heterocycles. The van der Waals surface area contributed by atoms with E-state index in [-0.39, 0.29) is 21.8 Å². The highest BCUT2D eigenvalue weighted by molar-refractivity contribution is 6.62. The molecule has 0 radical (unpaired) electrons. The summed E-state index contributed by atoms with van der Waals surface area (Å²) in [5.41, 5.74) is -4.83. The Labute approximate surface area is 221 Å². The van der Waals surface area contributed by atoms with Gasteiger partial charge in [0, 0.05) is 10.8 Å². The molecule has 1 aromatic heterocycles. The molecule has 4 heteroatoms. The van der Waals surface area contributed by atoms with Crippen LogP contribution in [-0.4, -0.2) is 18.3 Å². The van der Waals surface area contributed by atoms with Gasteiger partial charge in [0.1, 0.15) is 11.2 Å². The molecule has 4 aromatic carbocycles. The Hall–Kier alpha value is -3.34. The van der Waals surface area contributed by atoms with E-state index < -0.39 is 137 Å². The van der Waals surface area contributed by atoms with E-state index in [0.717, 1.165) is 0 Å². The van der Waals surface area contributed by atoms with E-state index >= 15 is 0 Å². The van der Waals surface area contributed by atoms with Crippen molar-refractivity contribution in [3.63, 3.8) is 0 Å². The maximum atomic E-state index is 9.17. The summed E-state index contributed by atoms with van der Waals surface area (Å²) in [7, 11) is -1.25. The zero-order valence-electron chi connectivity index (χ0n) is 33.8. The number of hydrogen-bond acceptors (Lipinski definition) is 3. The molecule has 2 heterocycles. The van der Waals surface area contributed by atoms with E-state index in [9.17, 15) is 0 Å². The average molecular weight is 461 g/mol. The third-order valence-corrected chi connectivity index (χ3v) is 6.21. The van der Waals surface area contributed by atoms with Gasteiger partial charge >= 0.3 is 7.12 Å². The molecule has 6 rings (SSSR count). The lowest BCUT2D eigenvalue weighted by atomic mass is 9.79. The third kappa shape index (κ3) is 3.37. The van der Waals surface area contributed by atoms with Crippen LogP contribution in [0.1, 0.15) is 48.3 Å². The number of hydrogen-bond donors (Lipinski definition) is 0. The fourth-order valence-electron chi connectivity index (χ4n) is 3.70. The molecule has 5 aromatic rings. The molecule has 0 atom stereocenters. The molecular weight excluding hydrogens is 419 g/mol. The van der Waals surface area contributed by atoms with Crippen LogP contribution in [0.5, 0.6) is 0 Å². The molecule has 1 fully saturated rings. The van der Waals surface area contributed by atoms with Crippen molar-refractivity contribution in [2.24, 2.45) is 0 Å². The summed E-state index contributed by atoms with van der Waals surface area (Å²) >= 11 is 0. The Morgan fingerprint density at radius 1 is 0.647 bits per heavy atom. The number of rotatable bonds is 3. The van der Waals surface area contributed by atoms with Gasteiger partial charge in [-0.15, -0.1) is 0 Å². The van der Waals surface area contributed by atoms with Crippen LogP contribution in [0, 0.1) is 0 Å². The zero-order chi connectivity index (χ0) is 36.6. The Morgan fingerprint density at radius 3 is 2.09 bits per heavy atom. The van der Waals surface area contributed by atoms with Crippen molar-refractivity contribution in [3.05, 3.63) is 90.6 Å². The summed E-state index contributed by atoms with van der Waals surface area (Å²) in [4.78, 5) is 0. The van der Waals surface area contributed by atoms with Crippen LogP contribution < -0.4 is 5.46 Å². The van der Waals surface area contributed by atoms with Crippen molar-refractivity contribution in [2.45, 2.75) is 38.9 Å². The van der Waals surface area contributed by atoms with Crippen LogP contribution >= 0.6 is 0 Å². The van der Waals surface area contributed by atoms with Crippen molar-refractivity contribution >= 4 is 34.5 Å². The summed E-state index contributed by atoms with van der Waals surface area (Å²) in [5, 5.41) is -0.536. The molecule has 0 spiro atoms. The first-order chi connectivity index (χ1) is 22.6. The fourth-order valence-corrected chi connectivity index (χ4v) is 3.70. The van der Waals surface area contributed by atoms with Crippen molar-refractivity contribution in [2.75, 3.05) is 0 Å². The zero-order valence-corrected chi connectivity index (χ0v) is 18.8. The summed E-state index contributed by atoms with van der Waals surface area (Å²) in [6, 6.07) is -10.6. The van der Waals surface area contributed by atoms with Crippen molar-refractivity contribution in [3.8, 4) is 22.3 Å². The average Bonchev–Trinajstić information content (AvgIpc) is 3.53. The first-order valence-corrected chi connectivity index (χ1v) is 10.6. The molecule has 168 valence electrons. The van der Waals surface area contributed by atoms with Gasteiger partial charge in [-0.2, -0.15) is 0 Å². The predicted molar refractivity (Wildman–Crippen MR) is 140 cm³/mol. The molecule has 1 saturated heterocycles. The van der Waals surface area contributed by atoms with Crippen LogP contribution in [0.25, 0.3) is 44.2 Å². The van der Waals surface area contributed by atoms with E-state index in [1.165, 1.54) is 0 Å². The highest BCUT2D eigenvalue weighted by atomic mass is 16.7. The van der Waals surface area contributed by atoms with Crippen molar-refractivity contribution in [1.29, 1.82) is 0 Å². The molecular formula is C30H27BO3. The van der Waals surface area contributed by atoms with Gasteiger partial charge < -0.3 is 13.7 Å². The van der Waals surface area contributed by atoms with E-state index in [2.05, 4.69) is 0 Å². The minimum absolute atomic E-state index is 0.140. The molecule has 0 saturated carbocycles. The van der Waals surface area contributed by atoms with Gasteiger partial charge in [0.05, 0.1) is 31.8 Å². The van der Waals surface area contributed by atoms with Crippen LogP contribution in [0.4, 0.5) is 0 Å². The van der Waals surface area contributed by atoms with Crippen LogP contribution in [0.3, 0.4) is 0 Å². The molecule has 0 bridgehead atoms. The SMILES string of the molecule is [2H]c1c([2H])c([2H])c(-c2c([2H])c([2H])c([2H])c(-c3c([2H])c([2H])c([2H])c4oc5c([2H])c(B6OC(C)(C)C(C)(C)O6)c([2H])c([2H])c5c34)c2[2H])c([2H])c1[2H]. The smallest absolute Gasteiger partial charge is 0.456 e. The summed E-state index contributed by atoms with van der Waals surface area (Å²) in [6.07, 6.45) is 0. The summed E-state index contributed by atoms with van der Waals surface area (Å²) in [5.74, 6) is 0. The van der Waals surface area contributed by atoms with E-state index in [1.807, 2.05) is 0 Å². The minimum Gasteiger partial charge on any atom is -0.456 e. The van der Waals surface area contributed by atoms with Gasteiger partial charge in [0.2, 0.25) is 0 Å². The minimum atomic E-state index is -1.25. The normalized spacial score (nSPS) is 23.2. The fraction of sp³-hybridized carbons (Fsp3) is 0.200. The highest BCUT2D eigenvalue weighted by Crippen LogP contribution is 2.39. The van der Waals surface area contributed by atoms with Crippen molar-refractivity contribution < 1.29 is 34.3 Å². The van der Waals surface area contributed by atoms with Crippen LogP contribution in [0.2, 0.25) is 0 Å². The molecule has 1 aliphatic rings. The molecule has 0 unspecified atom stereocenters. The van der Waals surface area contributed by atoms with Crippen LogP contribution in [0.15, 0.2) is 95.1 Å². The topological polar surface area (TPSA) is 31.6 Å². The first kappa shape index (κ1) is 10.5. The molecule has 0 aliphatic carbocycles. The lowest BCUT2D eigenvalue weighted by Gasteiger charge is -2.32. The number of fused-ring (bicyclic) bond motifs is 3. The molecule has 3 nitrogen and oxygen atoms in total. The van der Waals surface area contributed by atoms with E-state index in [0.29, 0.717) is 0 Å². The maximum absolute atomic E-state index is 9.17. The predicted octanol–water partition coefficient (Wildman–Crippen LogP) is 7.22. The second-order valence-corrected chi connectivity index (χ2v) is 8.89. The van der Waals surface area contributed by atoms with E-state index in [1.54, 1.807) is 27.7 Å². The Kier molecular flexibility index (Phi) is 2.35. The quantitative estimate of drug-likeness (QED) is 0.266. The highest BCUT2D eigenvalue weighted by Gasteiger charge is 2.51. The Bertz CT molecular complexity index is 2270. The Morgan fingerprint density at radius 2 is 1.32 bits per heavy atom. The van der Waals surface area contributed by atoms with Gasteiger partial charge in [-0.3, -0.25) is 0 Å². The van der Waals surface area contributed by atoms with Gasteiger partial charge in [0.25, 0.3) is 0 Å². The lowest BCUT2D eigenvalue weighted by molar-refractivity contribution is 0.00578. The lowest BCUT2D eigenvalue weighted by Crippen LogP contribution is -2.41. The Balaban J connectivity index is 1.78. The van der Waals surface area contributed by atoms with Gasteiger partial charge in [0.15, 0.2) is 0 Å². The van der Waals surface area contributed by atoms with E-state index in [4.69, 9.17) is 34.3 Å². The van der Waals surface area contributed by atoms with Gasteiger partial charge in [-0.25, -0.2) is 0 Å². The van der Waals surface area contributed by atoms with Gasteiger partial charge in [-0.1, -0.05) is 72.5 Å². The standard InChI is InChI=1S/C30H27BO3/c1-29(2)30(3,4)34-31(33-29)23-16-17-25-27(19-23)32-26-15-9-14-24(28(25)26)22-13-8-12-21(18-22)20-10-6-5-7-11-20/h5-19H,1-4H3/i5D,6D,7D,8D,9D,10D,11D,12D,13D,14D,15D,16D,17D,18D,19D. The molecule has 0 amide bonds. The first-order valence-electron chi connectivity index (χ1n) is 18.1. The van der Waals surface area contributed by atoms with Crippen molar-refractivity contribution in [1.82, 2.24) is 0 Å². The summed E-state index contributed by atoms with van der Waals surface area (Å²) < 4.78 is 147.